The number of carbonyl (C=O) groups excluding carboxylic acids is 2. The Kier molecular flexibility index (Phi) is 9.59. The van der Waals surface area contributed by atoms with Gasteiger partial charge >= 0.3 is 6.03 Å². The van der Waals surface area contributed by atoms with Crippen LogP contribution in [0.4, 0.5) is 16.3 Å². The second-order valence-corrected chi connectivity index (χ2v) is 10.5. The molecule has 0 spiro atoms. The molecule has 0 aliphatic heterocycles. The number of benzene rings is 2. The van der Waals surface area contributed by atoms with Gasteiger partial charge in [-0.25, -0.2) is 9.48 Å². The van der Waals surface area contributed by atoms with Crippen molar-refractivity contribution in [2.75, 3.05) is 37.4 Å². The van der Waals surface area contributed by atoms with E-state index in [9.17, 15) is 9.59 Å². The zero-order valence-electron chi connectivity index (χ0n) is 21.8. The third-order valence-electron chi connectivity index (χ3n) is 5.62. The van der Waals surface area contributed by atoms with Crippen LogP contribution in [0.15, 0.2) is 48.5 Å². The topological polar surface area (TPSA) is 88.5 Å². The van der Waals surface area contributed by atoms with Crippen molar-refractivity contribution < 1.29 is 14.3 Å². The molecule has 3 aromatic rings. The van der Waals surface area contributed by atoms with Gasteiger partial charge in [-0.2, -0.15) is 5.10 Å². The third kappa shape index (κ3) is 7.71. The number of ether oxygens (including phenoxy) is 1. The maximum atomic E-state index is 13.2. The molecule has 3 rings (SSSR count). The number of methoxy groups -OCH3 is 1. The van der Waals surface area contributed by atoms with Gasteiger partial charge in [-0.05, 0) is 37.6 Å². The second kappa shape index (κ2) is 12.4. The minimum absolute atomic E-state index is 0.183. The molecule has 0 bridgehead atoms. The van der Waals surface area contributed by atoms with E-state index in [4.69, 9.17) is 33.0 Å². The van der Waals surface area contributed by atoms with Crippen molar-refractivity contribution in [3.05, 3.63) is 69.8 Å². The highest BCUT2D eigenvalue weighted by Gasteiger charge is 2.23. The highest BCUT2D eigenvalue weighted by molar-refractivity contribution is 6.43. The molecule has 0 aliphatic carbocycles. The number of halogens is 2. The summed E-state index contributed by atoms with van der Waals surface area (Å²) in [5, 5.41) is 11.0. The molecule has 3 amide bonds. The molecule has 0 saturated heterocycles. The average Bonchev–Trinajstić information content (AvgIpc) is 3.26. The maximum Gasteiger partial charge on any atom is 0.322 e. The molecule has 0 saturated carbocycles. The van der Waals surface area contributed by atoms with Gasteiger partial charge in [0.25, 0.3) is 0 Å². The molecular formula is C27H33Cl2N5O3. The van der Waals surface area contributed by atoms with Crippen molar-refractivity contribution in [1.29, 1.82) is 0 Å². The first-order valence-electron chi connectivity index (χ1n) is 12.0. The molecule has 2 N–H and O–H groups in total. The summed E-state index contributed by atoms with van der Waals surface area (Å²) in [7, 11) is 1.59. The number of amides is 3. The molecule has 198 valence electrons. The van der Waals surface area contributed by atoms with E-state index in [2.05, 4.69) is 31.4 Å². The number of nitrogens with one attached hydrogen (secondary N) is 2. The van der Waals surface area contributed by atoms with Crippen LogP contribution in [0.2, 0.25) is 10.0 Å². The Balaban J connectivity index is 1.82. The van der Waals surface area contributed by atoms with E-state index in [1.165, 1.54) is 4.90 Å². The van der Waals surface area contributed by atoms with Gasteiger partial charge in [0.05, 0.1) is 27.1 Å². The quantitative estimate of drug-likeness (QED) is 0.309. The van der Waals surface area contributed by atoms with Crippen molar-refractivity contribution in [2.24, 2.45) is 0 Å². The van der Waals surface area contributed by atoms with E-state index in [1.807, 2.05) is 37.3 Å². The highest BCUT2D eigenvalue weighted by atomic mass is 35.5. The summed E-state index contributed by atoms with van der Waals surface area (Å²) in [6, 6.07) is 14.2. The number of carbonyl (C=O) groups is 2. The van der Waals surface area contributed by atoms with Crippen molar-refractivity contribution in [3.8, 4) is 5.69 Å². The average molecular weight is 546 g/mol. The van der Waals surface area contributed by atoms with Crippen LogP contribution < -0.4 is 10.6 Å². The predicted octanol–water partition coefficient (Wildman–Crippen LogP) is 6.29. The summed E-state index contributed by atoms with van der Waals surface area (Å²) in [4.78, 5) is 27.7. The maximum absolute atomic E-state index is 13.2. The number of hydrogen-bond donors (Lipinski definition) is 2. The molecule has 0 atom stereocenters. The number of urea groups is 1. The summed E-state index contributed by atoms with van der Waals surface area (Å²) < 4.78 is 6.83. The van der Waals surface area contributed by atoms with E-state index in [1.54, 1.807) is 30.0 Å². The number of hydrogen-bond acceptors (Lipinski definition) is 4. The van der Waals surface area contributed by atoms with Gasteiger partial charge < -0.3 is 20.3 Å². The zero-order chi connectivity index (χ0) is 27.2. The van der Waals surface area contributed by atoms with Crippen LogP contribution in [-0.4, -0.2) is 53.4 Å². The van der Waals surface area contributed by atoms with Gasteiger partial charge in [0.1, 0.15) is 12.4 Å². The molecular weight excluding hydrogens is 513 g/mol. The van der Waals surface area contributed by atoms with Crippen LogP contribution in [0.3, 0.4) is 0 Å². The van der Waals surface area contributed by atoms with Crippen LogP contribution in [0.25, 0.3) is 5.69 Å². The summed E-state index contributed by atoms with van der Waals surface area (Å²) in [5.74, 6) is 0.160. The Morgan fingerprint density at radius 2 is 1.78 bits per heavy atom. The van der Waals surface area contributed by atoms with Crippen molar-refractivity contribution in [1.82, 2.24) is 14.7 Å². The van der Waals surface area contributed by atoms with Crippen LogP contribution in [0.1, 0.15) is 38.4 Å². The lowest BCUT2D eigenvalue weighted by Crippen LogP contribution is -2.41. The normalized spacial score (nSPS) is 11.3. The molecule has 8 nitrogen and oxygen atoms in total. The molecule has 2 aromatic carbocycles. The molecule has 1 aromatic heterocycles. The van der Waals surface area contributed by atoms with Gasteiger partial charge in [-0.15, -0.1) is 0 Å². The van der Waals surface area contributed by atoms with Gasteiger partial charge in [-0.3, -0.25) is 4.79 Å². The predicted molar refractivity (Wildman–Crippen MR) is 149 cm³/mol. The monoisotopic (exact) mass is 545 g/mol. The number of nitrogens with zero attached hydrogens (tertiary/aromatic N) is 3. The molecule has 0 fully saturated rings. The number of rotatable bonds is 9. The summed E-state index contributed by atoms with van der Waals surface area (Å²) in [5.41, 5.74) is 2.91. The van der Waals surface area contributed by atoms with E-state index >= 15 is 0 Å². The van der Waals surface area contributed by atoms with E-state index in [0.29, 0.717) is 36.1 Å². The first kappa shape index (κ1) is 28.5. The van der Waals surface area contributed by atoms with Gasteiger partial charge in [0.15, 0.2) is 0 Å². The Morgan fingerprint density at radius 3 is 2.43 bits per heavy atom. The van der Waals surface area contributed by atoms with Gasteiger partial charge in [0.2, 0.25) is 5.91 Å². The Labute approximate surface area is 227 Å². The Bertz CT molecular complexity index is 1240. The molecule has 10 heteroatoms. The SMILES string of the molecule is COCCCN(CC(=O)Nc1cc(C(C)(C)C)nn1-c1ccc(C)cc1)C(=O)Nc1cccc(Cl)c1Cl. The van der Waals surface area contributed by atoms with Crippen LogP contribution in [0, 0.1) is 6.92 Å². The highest BCUT2D eigenvalue weighted by Crippen LogP contribution is 2.30. The minimum atomic E-state index is -0.474. The number of aryl methyl sites for hydroxylation is 1. The third-order valence-corrected chi connectivity index (χ3v) is 6.43. The van der Waals surface area contributed by atoms with Crippen molar-refractivity contribution >= 4 is 46.6 Å². The molecule has 37 heavy (non-hydrogen) atoms. The summed E-state index contributed by atoms with van der Waals surface area (Å²) in [6.07, 6.45) is 0.552. The standard InChI is InChI=1S/C27H33Cl2N5O3/c1-18-10-12-19(13-11-18)34-23(16-22(32-34)27(2,3)4)31-24(35)17-33(14-7-15-37-5)26(36)30-21-9-6-8-20(28)25(21)29/h6,8-13,16H,7,14-15,17H2,1-5H3,(H,30,36)(H,31,35). The van der Waals surface area contributed by atoms with Gasteiger partial charge in [0, 0.05) is 31.7 Å². The van der Waals surface area contributed by atoms with Gasteiger partial charge in [-0.1, -0.05) is 67.7 Å². The first-order chi connectivity index (χ1) is 17.5. The zero-order valence-corrected chi connectivity index (χ0v) is 23.3. The molecule has 0 unspecified atom stereocenters. The lowest BCUT2D eigenvalue weighted by atomic mass is 9.92. The smallest absolute Gasteiger partial charge is 0.322 e. The van der Waals surface area contributed by atoms with E-state index < -0.39 is 6.03 Å². The largest absolute Gasteiger partial charge is 0.385 e. The van der Waals surface area contributed by atoms with Crippen LogP contribution in [-0.2, 0) is 14.9 Å². The lowest BCUT2D eigenvalue weighted by Gasteiger charge is -2.23. The van der Waals surface area contributed by atoms with Crippen LogP contribution >= 0.6 is 23.2 Å². The Hall–Kier alpha value is -3.07. The summed E-state index contributed by atoms with van der Waals surface area (Å²) >= 11 is 12.3. The van der Waals surface area contributed by atoms with E-state index in [-0.39, 0.29) is 22.9 Å². The van der Waals surface area contributed by atoms with Crippen molar-refractivity contribution in [2.45, 2.75) is 39.5 Å². The van der Waals surface area contributed by atoms with E-state index in [0.717, 1.165) is 16.9 Å². The number of anilines is 2. The fourth-order valence-electron chi connectivity index (χ4n) is 3.52. The second-order valence-electron chi connectivity index (χ2n) is 9.76. The van der Waals surface area contributed by atoms with Crippen molar-refractivity contribution in [3.63, 3.8) is 0 Å². The first-order valence-corrected chi connectivity index (χ1v) is 12.7. The number of aromatic nitrogens is 2. The molecule has 0 radical (unpaired) electrons. The Morgan fingerprint density at radius 1 is 1.08 bits per heavy atom. The lowest BCUT2D eigenvalue weighted by molar-refractivity contribution is -0.116. The minimum Gasteiger partial charge on any atom is -0.385 e. The molecule has 0 aliphatic rings. The van der Waals surface area contributed by atoms with Crippen LogP contribution in [0.5, 0.6) is 0 Å². The fourth-order valence-corrected chi connectivity index (χ4v) is 3.87. The summed E-state index contributed by atoms with van der Waals surface area (Å²) in [6.45, 7) is 8.75. The fraction of sp³-hybridized carbons (Fsp3) is 0.370. The molecule has 1 heterocycles.